The largest absolute Gasteiger partial charge is 0.490 e. The van der Waals surface area contributed by atoms with E-state index in [0.717, 1.165) is 5.56 Å². The molecule has 0 amide bonds. The lowest BCUT2D eigenvalue weighted by Crippen LogP contribution is -2.29. The average molecular weight is 656 g/mol. The van der Waals surface area contributed by atoms with Gasteiger partial charge in [0.2, 0.25) is 11.1 Å². The predicted octanol–water partition coefficient (Wildman–Crippen LogP) is 8.01. The van der Waals surface area contributed by atoms with Gasteiger partial charge in [0.1, 0.15) is 25.1 Å². The Balaban J connectivity index is 1.50. The van der Waals surface area contributed by atoms with Crippen LogP contribution in [0.15, 0.2) is 89.7 Å². The van der Waals surface area contributed by atoms with Crippen LogP contribution in [-0.2, 0) is 21.9 Å². The molecule has 1 unspecified atom stereocenters. The number of benzene rings is 3. The van der Waals surface area contributed by atoms with E-state index in [2.05, 4.69) is 16.9 Å². The monoisotopic (exact) mass is 654 g/mol. The number of carbonyl (C=O) groups excluding carboxylic acids is 1. The normalized spacial score (nSPS) is 14.1. The second kappa shape index (κ2) is 14.2. The van der Waals surface area contributed by atoms with Gasteiger partial charge in [-0.25, -0.2) is 13.9 Å². The third-order valence-corrected chi connectivity index (χ3v) is 8.33. The molecule has 44 heavy (non-hydrogen) atoms. The Morgan fingerprint density at radius 1 is 1.11 bits per heavy atom. The standard InChI is InChI=1S/C32H29Cl2FN4O4S/c1-4-15-42-30(40)28-19(3)36-31-37-32(44-18-21-9-6-7-10-23(21)33)38-39(31)29(28)20-13-14-26(27(16-20)41-5-2)43-17-22-24(34)11-8-12-25(22)35/h4,6-14,16,29H,1,5,15,17-18H2,2-3H3,(H,36,37,38). The Morgan fingerprint density at radius 2 is 1.91 bits per heavy atom. The number of nitrogens with one attached hydrogen (secondary N) is 1. The topological polar surface area (TPSA) is 87.5 Å². The number of anilines is 1. The van der Waals surface area contributed by atoms with Gasteiger partial charge in [0.15, 0.2) is 11.5 Å². The number of thioether (sulfide) groups is 1. The van der Waals surface area contributed by atoms with E-state index in [1.807, 2.05) is 31.2 Å². The van der Waals surface area contributed by atoms with E-state index in [1.54, 1.807) is 35.9 Å². The van der Waals surface area contributed by atoms with Crippen molar-refractivity contribution in [3.8, 4) is 11.5 Å². The highest BCUT2D eigenvalue weighted by Crippen LogP contribution is 2.40. The first-order valence-electron chi connectivity index (χ1n) is 13.7. The minimum absolute atomic E-state index is 0.0427. The SMILES string of the molecule is C=CCOC(=O)C1=C(C)Nc2nc(SCc3ccccc3Cl)nn2C1c1ccc(OCc2c(F)cccc2Cl)c(OCC)c1. The van der Waals surface area contributed by atoms with Crippen molar-refractivity contribution in [3.63, 3.8) is 0 Å². The number of esters is 1. The fourth-order valence-electron chi connectivity index (χ4n) is 4.64. The van der Waals surface area contributed by atoms with Crippen LogP contribution in [0, 0.1) is 5.82 Å². The quantitative estimate of drug-likeness (QED) is 0.0934. The highest BCUT2D eigenvalue weighted by atomic mass is 35.5. The first-order valence-corrected chi connectivity index (χ1v) is 15.5. The molecule has 1 atom stereocenters. The zero-order valence-corrected chi connectivity index (χ0v) is 26.3. The molecule has 1 aliphatic rings. The van der Waals surface area contributed by atoms with Crippen LogP contribution < -0.4 is 14.8 Å². The number of rotatable bonds is 12. The summed E-state index contributed by atoms with van der Waals surface area (Å²) in [6, 6.07) is 16.6. The van der Waals surface area contributed by atoms with Crippen LogP contribution in [0.3, 0.4) is 0 Å². The number of nitrogens with zero attached hydrogens (tertiary/aromatic N) is 3. The van der Waals surface area contributed by atoms with Crippen LogP contribution in [0.25, 0.3) is 0 Å². The summed E-state index contributed by atoms with van der Waals surface area (Å²) in [6.07, 6.45) is 1.50. The van der Waals surface area contributed by atoms with Crippen LogP contribution in [-0.4, -0.2) is 33.9 Å². The van der Waals surface area contributed by atoms with Crippen molar-refractivity contribution < 1.29 is 23.4 Å². The molecule has 0 saturated carbocycles. The molecule has 0 saturated heterocycles. The third-order valence-electron chi connectivity index (χ3n) is 6.72. The van der Waals surface area contributed by atoms with Gasteiger partial charge < -0.3 is 19.5 Å². The van der Waals surface area contributed by atoms with Crippen LogP contribution in [0.1, 0.15) is 36.6 Å². The number of halogens is 3. The molecule has 1 aliphatic heterocycles. The van der Waals surface area contributed by atoms with Gasteiger partial charge in [-0.15, -0.1) is 5.10 Å². The fraction of sp³-hybridized carbons (Fsp3) is 0.219. The van der Waals surface area contributed by atoms with Crippen molar-refractivity contribution in [2.24, 2.45) is 0 Å². The lowest BCUT2D eigenvalue weighted by Gasteiger charge is -2.28. The molecule has 5 rings (SSSR count). The van der Waals surface area contributed by atoms with E-state index in [1.165, 1.54) is 30.0 Å². The lowest BCUT2D eigenvalue weighted by molar-refractivity contribution is -0.138. The van der Waals surface area contributed by atoms with Crippen molar-refractivity contribution in [2.75, 3.05) is 18.5 Å². The van der Waals surface area contributed by atoms with E-state index >= 15 is 0 Å². The molecule has 1 aromatic heterocycles. The molecule has 0 bridgehead atoms. The maximum atomic E-state index is 14.4. The second-order valence-electron chi connectivity index (χ2n) is 9.62. The van der Waals surface area contributed by atoms with E-state index in [4.69, 9.17) is 42.5 Å². The molecule has 0 aliphatic carbocycles. The zero-order valence-electron chi connectivity index (χ0n) is 24.0. The van der Waals surface area contributed by atoms with Gasteiger partial charge in [0.05, 0.1) is 17.2 Å². The minimum atomic E-state index is -0.708. The molecule has 4 aromatic rings. The highest BCUT2D eigenvalue weighted by molar-refractivity contribution is 7.98. The van der Waals surface area contributed by atoms with Gasteiger partial charge in [-0.1, -0.05) is 78.0 Å². The van der Waals surface area contributed by atoms with Crippen LogP contribution in [0.4, 0.5) is 10.3 Å². The number of ether oxygens (including phenoxy) is 3. The highest BCUT2D eigenvalue weighted by Gasteiger charge is 2.36. The molecule has 228 valence electrons. The zero-order chi connectivity index (χ0) is 31.2. The number of hydrogen-bond donors (Lipinski definition) is 1. The van der Waals surface area contributed by atoms with E-state index in [0.29, 0.717) is 56.8 Å². The number of fused-ring (bicyclic) bond motifs is 1. The van der Waals surface area contributed by atoms with Crippen LogP contribution >= 0.6 is 35.0 Å². The molecule has 12 heteroatoms. The van der Waals surface area contributed by atoms with Gasteiger partial charge in [-0.2, -0.15) is 4.98 Å². The van der Waals surface area contributed by atoms with Crippen molar-refractivity contribution in [2.45, 2.75) is 37.4 Å². The van der Waals surface area contributed by atoms with Crippen molar-refractivity contribution in [1.82, 2.24) is 14.8 Å². The first-order chi connectivity index (χ1) is 21.3. The maximum absolute atomic E-state index is 14.4. The summed E-state index contributed by atoms with van der Waals surface area (Å²) in [5, 5.41) is 9.38. The summed E-state index contributed by atoms with van der Waals surface area (Å²) >= 11 is 14.0. The van der Waals surface area contributed by atoms with Crippen LogP contribution in [0.2, 0.25) is 10.0 Å². The number of allylic oxidation sites excluding steroid dienone is 1. The summed E-state index contributed by atoms with van der Waals surface area (Å²) in [5.74, 6) is 0.811. The molecule has 2 heterocycles. The van der Waals surface area contributed by atoms with Crippen molar-refractivity contribution >= 4 is 46.9 Å². The lowest BCUT2D eigenvalue weighted by atomic mass is 9.95. The Labute approximate surface area is 268 Å². The molecule has 3 aromatic carbocycles. The van der Waals surface area contributed by atoms with E-state index in [9.17, 15) is 9.18 Å². The molecule has 0 fully saturated rings. The second-order valence-corrected chi connectivity index (χ2v) is 11.4. The Morgan fingerprint density at radius 3 is 2.66 bits per heavy atom. The molecule has 0 radical (unpaired) electrons. The minimum Gasteiger partial charge on any atom is -0.490 e. The Bertz CT molecular complexity index is 1710. The molecule has 8 nitrogen and oxygen atoms in total. The van der Waals surface area contributed by atoms with Gasteiger partial charge in [-0.05, 0) is 55.3 Å². The van der Waals surface area contributed by atoms with E-state index in [-0.39, 0.29) is 23.8 Å². The number of aromatic nitrogens is 3. The van der Waals surface area contributed by atoms with Gasteiger partial charge in [0.25, 0.3) is 0 Å². The molecular formula is C32H29Cl2FN4O4S. The Hall–Kier alpha value is -3.99. The fourth-order valence-corrected chi connectivity index (χ4v) is 5.97. The molecule has 0 spiro atoms. The molecule has 1 N–H and O–H groups in total. The summed E-state index contributed by atoms with van der Waals surface area (Å²) < 4.78 is 33.4. The smallest absolute Gasteiger partial charge is 0.338 e. The Kier molecular flexibility index (Phi) is 10.1. The molecular weight excluding hydrogens is 626 g/mol. The van der Waals surface area contributed by atoms with Crippen LogP contribution in [0.5, 0.6) is 11.5 Å². The summed E-state index contributed by atoms with van der Waals surface area (Å²) in [6.45, 7) is 7.55. The van der Waals surface area contributed by atoms with Gasteiger partial charge in [-0.3, -0.25) is 0 Å². The number of carbonyl (C=O) groups is 1. The number of hydrogen-bond acceptors (Lipinski definition) is 8. The van der Waals surface area contributed by atoms with Gasteiger partial charge in [0, 0.05) is 22.0 Å². The summed E-state index contributed by atoms with van der Waals surface area (Å²) in [4.78, 5) is 18.1. The summed E-state index contributed by atoms with van der Waals surface area (Å²) in [7, 11) is 0. The first kappa shape index (κ1) is 31.4. The third kappa shape index (κ3) is 6.88. The van der Waals surface area contributed by atoms with E-state index < -0.39 is 17.8 Å². The van der Waals surface area contributed by atoms with Crippen molar-refractivity contribution in [3.05, 3.63) is 117 Å². The van der Waals surface area contributed by atoms with Crippen molar-refractivity contribution in [1.29, 1.82) is 0 Å². The average Bonchev–Trinajstić information content (AvgIpc) is 3.41. The van der Waals surface area contributed by atoms with Gasteiger partial charge >= 0.3 is 5.97 Å². The predicted molar refractivity (Wildman–Crippen MR) is 170 cm³/mol. The summed E-state index contributed by atoms with van der Waals surface area (Å²) in [5.41, 5.74) is 2.78. The maximum Gasteiger partial charge on any atom is 0.338 e.